The number of anilines is 1. The van der Waals surface area contributed by atoms with Crippen molar-refractivity contribution in [1.29, 1.82) is 0 Å². The molecule has 0 aliphatic carbocycles. The van der Waals surface area contributed by atoms with Gasteiger partial charge in [-0.15, -0.1) is 0 Å². The van der Waals surface area contributed by atoms with Crippen LogP contribution in [0.4, 0.5) is 10.5 Å². The first-order valence-electron chi connectivity index (χ1n) is 6.12. The van der Waals surface area contributed by atoms with Crippen molar-refractivity contribution in [2.45, 2.75) is 13.2 Å². The van der Waals surface area contributed by atoms with Gasteiger partial charge in [0.05, 0.1) is 15.7 Å². The fourth-order valence-corrected chi connectivity index (χ4v) is 1.93. The van der Waals surface area contributed by atoms with Gasteiger partial charge in [-0.3, -0.25) is 4.90 Å². The Morgan fingerprint density at radius 1 is 1.40 bits per heavy atom. The zero-order valence-electron chi connectivity index (χ0n) is 11.8. The van der Waals surface area contributed by atoms with Crippen molar-refractivity contribution < 1.29 is 9.53 Å². The zero-order chi connectivity index (χ0) is 15.3. The molecular weight excluding hydrogens is 299 g/mol. The minimum Gasteiger partial charge on any atom is -0.354 e. The summed E-state index contributed by atoms with van der Waals surface area (Å²) >= 11 is 11.9. The number of hydrogen-bond donors (Lipinski definition) is 0. The van der Waals surface area contributed by atoms with Gasteiger partial charge in [-0.1, -0.05) is 29.8 Å². The third-order valence-electron chi connectivity index (χ3n) is 2.56. The van der Waals surface area contributed by atoms with E-state index in [0.29, 0.717) is 22.3 Å². The van der Waals surface area contributed by atoms with Crippen LogP contribution in [0.25, 0.3) is 0 Å². The average Bonchev–Trinajstić information content (AvgIpc) is 2.41. The van der Waals surface area contributed by atoms with Gasteiger partial charge in [0.1, 0.15) is 0 Å². The van der Waals surface area contributed by atoms with Gasteiger partial charge in [0.2, 0.25) is 0 Å². The molecule has 6 heteroatoms. The van der Waals surface area contributed by atoms with Gasteiger partial charge in [0.15, 0.2) is 6.23 Å². The molecule has 20 heavy (non-hydrogen) atoms. The van der Waals surface area contributed by atoms with Crippen molar-refractivity contribution in [3.05, 3.63) is 40.9 Å². The number of nitrogens with zero attached hydrogens (tertiary/aromatic N) is 2. The predicted molar refractivity (Wildman–Crippen MR) is 83.6 cm³/mol. The molecule has 0 aliphatic heterocycles. The number of benzene rings is 1. The summed E-state index contributed by atoms with van der Waals surface area (Å²) in [5, 5.41) is 0.805. The van der Waals surface area contributed by atoms with Crippen molar-refractivity contribution in [1.82, 2.24) is 4.90 Å². The van der Waals surface area contributed by atoms with Gasteiger partial charge in [-0.2, -0.15) is 0 Å². The van der Waals surface area contributed by atoms with E-state index in [9.17, 15) is 4.79 Å². The number of ether oxygens (including phenoxy) is 1. The van der Waals surface area contributed by atoms with Gasteiger partial charge in [-0.25, -0.2) is 4.79 Å². The van der Waals surface area contributed by atoms with Crippen LogP contribution < -0.4 is 4.90 Å². The summed E-state index contributed by atoms with van der Waals surface area (Å²) in [4.78, 5) is 15.3. The normalized spacial score (nSPS) is 11.8. The summed E-state index contributed by atoms with van der Waals surface area (Å²) in [5.74, 6) is 0. The smallest absolute Gasteiger partial charge is 0.326 e. The molecule has 0 bridgehead atoms. The average molecular weight is 317 g/mol. The molecule has 1 rings (SSSR count). The fraction of sp³-hybridized carbons (Fsp3) is 0.357. The largest absolute Gasteiger partial charge is 0.354 e. The van der Waals surface area contributed by atoms with Crippen LogP contribution in [-0.4, -0.2) is 37.9 Å². The fourth-order valence-electron chi connectivity index (χ4n) is 1.64. The molecule has 0 saturated carbocycles. The third-order valence-corrected chi connectivity index (χ3v) is 3.30. The second kappa shape index (κ2) is 7.53. The zero-order valence-corrected chi connectivity index (χ0v) is 13.3. The first-order valence-corrected chi connectivity index (χ1v) is 6.87. The highest BCUT2D eigenvalue weighted by atomic mass is 35.5. The summed E-state index contributed by atoms with van der Waals surface area (Å²) in [5.41, 5.74) is 0.594. The highest BCUT2D eigenvalue weighted by Crippen LogP contribution is 2.29. The molecule has 1 atom stereocenters. The molecule has 0 radical (unpaired) electrons. The molecule has 4 nitrogen and oxygen atoms in total. The lowest BCUT2D eigenvalue weighted by atomic mass is 10.2. The van der Waals surface area contributed by atoms with Crippen molar-refractivity contribution in [2.75, 3.05) is 25.6 Å². The van der Waals surface area contributed by atoms with Crippen LogP contribution in [0.5, 0.6) is 0 Å². The van der Waals surface area contributed by atoms with Crippen LogP contribution >= 0.6 is 23.2 Å². The van der Waals surface area contributed by atoms with Crippen LogP contribution in [0.1, 0.15) is 6.92 Å². The molecule has 0 heterocycles. The Morgan fingerprint density at radius 2 is 2.05 bits per heavy atom. The monoisotopic (exact) mass is 316 g/mol. The summed E-state index contributed by atoms with van der Waals surface area (Å²) in [6.07, 6.45) is 0.986. The van der Waals surface area contributed by atoms with Crippen LogP contribution in [-0.2, 0) is 4.74 Å². The highest BCUT2D eigenvalue weighted by Gasteiger charge is 2.25. The lowest BCUT2D eigenvalue weighted by Crippen LogP contribution is -2.46. The van der Waals surface area contributed by atoms with E-state index >= 15 is 0 Å². The van der Waals surface area contributed by atoms with Gasteiger partial charge in [-0.05, 0) is 31.2 Å². The van der Waals surface area contributed by atoms with Crippen molar-refractivity contribution in [3.8, 4) is 0 Å². The molecule has 0 N–H and O–H groups in total. The van der Waals surface area contributed by atoms with Crippen molar-refractivity contribution in [2.24, 2.45) is 0 Å². The van der Waals surface area contributed by atoms with E-state index in [4.69, 9.17) is 27.9 Å². The van der Waals surface area contributed by atoms with E-state index in [1.54, 1.807) is 38.4 Å². The molecule has 1 aromatic rings. The number of carbonyl (C=O) groups is 1. The maximum atomic E-state index is 12.4. The first-order chi connectivity index (χ1) is 9.42. The maximum Gasteiger partial charge on any atom is 0.326 e. The third kappa shape index (κ3) is 3.88. The topological polar surface area (TPSA) is 32.8 Å². The predicted octanol–water partition coefficient (Wildman–Crippen LogP) is 4.03. The van der Waals surface area contributed by atoms with E-state index in [1.165, 1.54) is 9.80 Å². The van der Waals surface area contributed by atoms with Gasteiger partial charge < -0.3 is 9.64 Å². The molecule has 0 aliphatic rings. The Morgan fingerprint density at radius 3 is 2.50 bits per heavy atom. The lowest BCUT2D eigenvalue weighted by Gasteiger charge is -2.31. The van der Waals surface area contributed by atoms with Crippen molar-refractivity contribution in [3.63, 3.8) is 0 Å². The number of carbonyl (C=O) groups excluding carboxylic acids is 1. The number of halogens is 2. The molecule has 0 fully saturated rings. The Balaban J connectivity index is 3.24. The number of amides is 2. The van der Waals surface area contributed by atoms with Crippen LogP contribution in [0, 0.1) is 0 Å². The number of rotatable bonds is 5. The lowest BCUT2D eigenvalue weighted by molar-refractivity contribution is 0.0941. The Hall–Kier alpha value is -1.23. The summed E-state index contributed by atoms with van der Waals surface area (Å²) < 4.78 is 5.53. The Kier molecular flexibility index (Phi) is 6.33. The quantitative estimate of drug-likeness (QED) is 0.607. The molecule has 1 unspecified atom stereocenters. The molecule has 0 spiro atoms. The molecular formula is C14H18Cl2N2O2. The van der Waals surface area contributed by atoms with Crippen LogP contribution in [0.15, 0.2) is 30.9 Å². The minimum absolute atomic E-state index is 0.235. The summed E-state index contributed by atoms with van der Waals surface area (Å²) in [7, 11) is 3.33. The molecule has 2 amide bonds. The van der Waals surface area contributed by atoms with E-state index in [0.717, 1.165) is 0 Å². The molecule has 1 aromatic carbocycles. The molecule has 0 saturated heterocycles. The first kappa shape index (κ1) is 16.8. The minimum atomic E-state index is -0.577. The standard InChI is InChI=1S/C14H18Cl2N2O2/c1-5-13(20-6-2)18(14(19)17(3)4)10-7-8-11(15)12(16)9-10/h5,7-9,13H,1,6H2,2-4H3. The van der Waals surface area contributed by atoms with E-state index in [1.807, 2.05) is 6.92 Å². The van der Waals surface area contributed by atoms with Gasteiger partial charge >= 0.3 is 6.03 Å². The maximum absolute atomic E-state index is 12.4. The van der Waals surface area contributed by atoms with Gasteiger partial charge in [0.25, 0.3) is 0 Å². The van der Waals surface area contributed by atoms with E-state index in [2.05, 4.69) is 6.58 Å². The van der Waals surface area contributed by atoms with E-state index < -0.39 is 6.23 Å². The second-order valence-corrected chi connectivity index (χ2v) is 5.04. The van der Waals surface area contributed by atoms with Crippen molar-refractivity contribution >= 4 is 34.9 Å². The summed E-state index contributed by atoms with van der Waals surface area (Å²) in [6.45, 7) is 6.02. The Labute approximate surface area is 129 Å². The second-order valence-electron chi connectivity index (χ2n) is 4.23. The van der Waals surface area contributed by atoms with Crippen LogP contribution in [0.3, 0.4) is 0 Å². The highest BCUT2D eigenvalue weighted by molar-refractivity contribution is 6.42. The van der Waals surface area contributed by atoms with Crippen LogP contribution in [0.2, 0.25) is 10.0 Å². The van der Waals surface area contributed by atoms with Gasteiger partial charge in [0, 0.05) is 20.7 Å². The number of urea groups is 1. The SMILES string of the molecule is C=CC(OCC)N(C(=O)N(C)C)c1ccc(Cl)c(Cl)c1. The Bertz CT molecular complexity index is 492. The number of hydrogen-bond acceptors (Lipinski definition) is 2. The molecule has 110 valence electrons. The summed E-state index contributed by atoms with van der Waals surface area (Å²) in [6, 6.07) is 4.74. The molecule has 0 aromatic heterocycles. The van der Waals surface area contributed by atoms with E-state index in [-0.39, 0.29) is 6.03 Å².